The Kier molecular flexibility index (Phi) is 2.95. The molecule has 0 aromatic carbocycles. The van der Waals surface area contributed by atoms with Gasteiger partial charge >= 0.3 is 11.9 Å². The fourth-order valence-electron chi connectivity index (χ4n) is 0.726. The van der Waals surface area contributed by atoms with E-state index in [2.05, 4.69) is 14.7 Å². The van der Waals surface area contributed by atoms with Gasteiger partial charge < -0.3 is 4.74 Å². The third-order valence-corrected chi connectivity index (χ3v) is 1.55. The van der Waals surface area contributed by atoms with Crippen LogP contribution in [0.5, 0.6) is 0 Å². The summed E-state index contributed by atoms with van der Waals surface area (Å²) in [6, 6.07) is 0. The summed E-state index contributed by atoms with van der Waals surface area (Å²) < 4.78 is 30.1. The maximum atomic E-state index is 13.1. The molecule has 0 bridgehead atoms. The summed E-state index contributed by atoms with van der Waals surface area (Å²) in [6.45, 7) is 0. The average Bonchev–Trinajstić information content (AvgIpc) is 2.16. The molecule has 1 heterocycles. The van der Waals surface area contributed by atoms with E-state index in [0.717, 1.165) is 19.5 Å². The van der Waals surface area contributed by atoms with Crippen LogP contribution in [-0.2, 0) is 15.5 Å². The molecule has 76 valence electrons. The van der Waals surface area contributed by atoms with Gasteiger partial charge in [0, 0.05) is 0 Å². The number of methoxy groups -OCH3 is 1. The molecule has 0 saturated heterocycles. The van der Waals surface area contributed by atoms with Crippen LogP contribution in [-0.4, -0.2) is 23.0 Å². The minimum Gasteiger partial charge on any atom is -0.464 e. The number of hydrogen-bond acceptors (Lipinski definition) is 4. The minimum absolute atomic E-state index is 0.217. The molecule has 0 fully saturated rings. The summed E-state index contributed by atoms with van der Waals surface area (Å²) in [4.78, 5) is 17.3. The molecule has 0 spiro atoms. The number of ether oxygens (including phenoxy) is 1. The molecule has 0 aliphatic heterocycles. The molecule has 0 amide bonds. The zero-order valence-electron chi connectivity index (χ0n) is 7.00. The number of carbonyl (C=O) groups is 1. The summed E-state index contributed by atoms with van der Waals surface area (Å²) in [7, 11) is 0.855. The van der Waals surface area contributed by atoms with Gasteiger partial charge in [-0.15, -0.1) is 0 Å². The molecule has 0 aliphatic carbocycles. The van der Waals surface area contributed by atoms with Crippen molar-refractivity contribution in [2.75, 3.05) is 7.11 Å². The molecular formula is C7H5ClF2N2O2. The number of rotatable bonds is 2. The number of esters is 1. The molecule has 14 heavy (non-hydrogen) atoms. The van der Waals surface area contributed by atoms with Crippen LogP contribution in [0.15, 0.2) is 12.4 Å². The summed E-state index contributed by atoms with van der Waals surface area (Å²) in [6.07, 6.45) is 1.83. The van der Waals surface area contributed by atoms with Crippen molar-refractivity contribution in [1.29, 1.82) is 0 Å². The van der Waals surface area contributed by atoms with E-state index < -0.39 is 17.6 Å². The van der Waals surface area contributed by atoms with Crippen molar-refractivity contribution in [2.24, 2.45) is 0 Å². The third-order valence-electron chi connectivity index (χ3n) is 1.37. The van der Waals surface area contributed by atoms with E-state index in [4.69, 9.17) is 11.6 Å². The Labute approximate surface area is 82.9 Å². The first kappa shape index (κ1) is 10.8. The third kappa shape index (κ3) is 1.95. The number of alkyl halides is 2. The Morgan fingerprint density at radius 3 is 2.71 bits per heavy atom. The second-order valence-corrected chi connectivity index (χ2v) is 2.68. The Morgan fingerprint density at radius 2 is 2.21 bits per heavy atom. The van der Waals surface area contributed by atoms with Gasteiger partial charge in [-0.3, -0.25) is 4.98 Å². The summed E-state index contributed by atoms with van der Waals surface area (Å²) >= 11 is 5.34. The lowest BCUT2D eigenvalue weighted by Gasteiger charge is -2.11. The number of aromatic nitrogens is 2. The zero-order chi connectivity index (χ0) is 10.8. The minimum atomic E-state index is -3.83. The number of halogens is 3. The Morgan fingerprint density at radius 1 is 1.57 bits per heavy atom. The molecule has 0 N–H and O–H groups in total. The first-order valence-electron chi connectivity index (χ1n) is 3.42. The van der Waals surface area contributed by atoms with Crippen molar-refractivity contribution in [2.45, 2.75) is 5.92 Å². The Balaban J connectivity index is 3.09. The van der Waals surface area contributed by atoms with Crippen LogP contribution in [0.3, 0.4) is 0 Å². The van der Waals surface area contributed by atoms with Gasteiger partial charge in [-0.1, -0.05) is 11.6 Å². The fraction of sp³-hybridized carbons (Fsp3) is 0.286. The van der Waals surface area contributed by atoms with Crippen molar-refractivity contribution in [1.82, 2.24) is 9.97 Å². The largest absolute Gasteiger partial charge is 0.464 e. The molecule has 0 atom stereocenters. The van der Waals surface area contributed by atoms with Gasteiger partial charge in [-0.05, 0) is 0 Å². The lowest BCUT2D eigenvalue weighted by molar-refractivity contribution is -0.170. The van der Waals surface area contributed by atoms with E-state index in [9.17, 15) is 13.6 Å². The van der Waals surface area contributed by atoms with Gasteiger partial charge in [-0.2, -0.15) is 8.78 Å². The van der Waals surface area contributed by atoms with Gasteiger partial charge in [-0.25, -0.2) is 9.78 Å². The van der Waals surface area contributed by atoms with E-state index in [-0.39, 0.29) is 5.15 Å². The topological polar surface area (TPSA) is 52.1 Å². The van der Waals surface area contributed by atoms with Crippen LogP contribution in [0.25, 0.3) is 0 Å². The van der Waals surface area contributed by atoms with Crippen LogP contribution in [0.4, 0.5) is 8.78 Å². The van der Waals surface area contributed by atoms with Gasteiger partial charge in [0.2, 0.25) is 0 Å². The van der Waals surface area contributed by atoms with Crippen LogP contribution < -0.4 is 0 Å². The average molecular weight is 223 g/mol. The van der Waals surface area contributed by atoms with E-state index in [1.165, 1.54) is 0 Å². The first-order valence-corrected chi connectivity index (χ1v) is 3.80. The molecule has 0 radical (unpaired) electrons. The smallest absolute Gasteiger partial charge is 0.385 e. The van der Waals surface area contributed by atoms with Gasteiger partial charge in [0.25, 0.3) is 0 Å². The normalized spacial score (nSPS) is 11.1. The van der Waals surface area contributed by atoms with Crippen LogP contribution >= 0.6 is 11.6 Å². The summed E-state index contributed by atoms with van der Waals surface area (Å²) in [5.74, 6) is -5.53. The monoisotopic (exact) mass is 222 g/mol. The zero-order valence-corrected chi connectivity index (χ0v) is 7.76. The maximum Gasteiger partial charge on any atom is 0.385 e. The highest BCUT2D eigenvalue weighted by molar-refractivity contribution is 6.29. The van der Waals surface area contributed by atoms with Crippen molar-refractivity contribution < 1.29 is 18.3 Å². The maximum absolute atomic E-state index is 13.1. The lowest BCUT2D eigenvalue weighted by atomic mass is 10.2. The second kappa shape index (κ2) is 3.83. The predicted molar refractivity (Wildman–Crippen MR) is 43.0 cm³/mol. The molecule has 7 heteroatoms. The van der Waals surface area contributed by atoms with Gasteiger partial charge in [0.15, 0.2) is 0 Å². The molecule has 1 aromatic heterocycles. The lowest BCUT2D eigenvalue weighted by Crippen LogP contribution is -2.28. The number of nitrogens with zero attached hydrogens (tertiary/aromatic N) is 2. The van der Waals surface area contributed by atoms with Crippen molar-refractivity contribution in [3.63, 3.8) is 0 Å². The van der Waals surface area contributed by atoms with Crippen LogP contribution in [0.2, 0.25) is 5.15 Å². The van der Waals surface area contributed by atoms with Crippen LogP contribution in [0.1, 0.15) is 5.69 Å². The van der Waals surface area contributed by atoms with Crippen LogP contribution in [0, 0.1) is 0 Å². The van der Waals surface area contributed by atoms with E-state index in [1.807, 2.05) is 0 Å². The Bertz CT molecular complexity index is 359. The van der Waals surface area contributed by atoms with E-state index in [0.29, 0.717) is 0 Å². The fourth-order valence-corrected chi connectivity index (χ4v) is 0.874. The number of carbonyl (C=O) groups excluding carboxylic acids is 1. The second-order valence-electron chi connectivity index (χ2n) is 2.29. The summed E-state index contributed by atoms with van der Waals surface area (Å²) in [5, 5.41) is -0.217. The predicted octanol–water partition coefficient (Wildman–Crippen LogP) is 1.39. The van der Waals surface area contributed by atoms with Crippen molar-refractivity contribution in [3.8, 4) is 0 Å². The molecule has 1 aromatic rings. The Hall–Kier alpha value is -1.30. The molecule has 4 nitrogen and oxygen atoms in total. The molecule has 1 rings (SSSR count). The van der Waals surface area contributed by atoms with E-state index in [1.54, 1.807) is 0 Å². The van der Waals surface area contributed by atoms with E-state index >= 15 is 0 Å². The SMILES string of the molecule is COC(=O)C(F)(F)c1cncc(Cl)n1. The van der Waals surface area contributed by atoms with Gasteiger partial charge in [0.05, 0.1) is 19.5 Å². The number of hydrogen-bond donors (Lipinski definition) is 0. The molecule has 0 unspecified atom stereocenters. The standard InChI is InChI=1S/C7H5ClF2N2O2/c1-14-6(13)7(9,10)4-2-11-3-5(8)12-4/h2-3H,1H3. The molecule has 0 aliphatic rings. The molecular weight excluding hydrogens is 218 g/mol. The highest BCUT2D eigenvalue weighted by Gasteiger charge is 2.44. The summed E-state index contributed by atoms with van der Waals surface area (Å²) in [5.41, 5.74) is -0.836. The van der Waals surface area contributed by atoms with Crippen molar-refractivity contribution >= 4 is 17.6 Å². The highest BCUT2D eigenvalue weighted by Crippen LogP contribution is 2.27. The highest BCUT2D eigenvalue weighted by atomic mass is 35.5. The first-order chi connectivity index (χ1) is 6.48. The molecule has 0 saturated carbocycles. The van der Waals surface area contributed by atoms with Gasteiger partial charge in [0.1, 0.15) is 10.8 Å². The quantitative estimate of drug-likeness (QED) is 0.710. The van der Waals surface area contributed by atoms with Crippen molar-refractivity contribution in [3.05, 3.63) is 23.2 Å².